The van der Waals surface area contributed by atoms with Crippen LogP contribution in [0.25, 0.3) is 5.69 Å². The fraction of sp³-hybridized carbons (Fsp3) is 0.238. The van der Waals surface area contributed by atoms with Gasteiger partial charge in [0.15, 0.2) is 0 Å². The van der Waals surface area contributed by atoms with Gasteiger partial charge in [-0.1, -0.05) is 22.9 Å². The second-order valence-corrected chi connectivity index (χ2v) is 6.30. The molecule has 7 heteroatoms. The zero-order chi connectivity index (χ0) is 19.9. The first kappa shape index (κ1) is 19.3. The number of methoxy groups -OCH3 is 1. The van der Waals surface area contributed by atoms with E-state index in [1.807, 2.05) is 25.3 Å². The molecule has 0 aliphatic heterocycles. The van der Waals surface area contributed by atoms with Crippen LogP contribution >= 0.6 is 0 Å². The molecule has 0 spiro atoms. The summed E-state index contributed by atoms with van der Waals surface area (Å²) >= 11 is 0. The number of carbonyl (C=O) groups excluding carboxylic acids is 2. The van der Waals surface area contributed by atoms with Crippen molar-refractivity contribution in [1.29, 1.82) is 0 Å². The molecule has 2 aromatic carbocycles. The van der Waals surface area contributed by atoms with E-state index in [2.05, 4.69) is 15.0 Å². The molecule has 0 amide bonds. The number of esters is 2. The molecule has 0 aliphatic carbocycles. The van der Waals surface area contributed by atoms with Crippen LogP contribution < -0.4 is 0 Å². The minimum atomic E-state index is -0.383. The lowest BCUT2D eigenvalue weighted by Gasteiger charge is -2.04. The van der Waals surface area contributed by atoms with Crippen LogP contribution in [0.1, 0.15) is 38.4 Å². The third kappa shape index (κ3) is 4.82. The third-order valence-corrected chi connectivity index (χ3v) is 4.19. The number of ether oxygens (including phenoxy) is 2. The zero-order valence-corrected chi connectivity index (χ0v) is 15.8. The van der Waals surface area contributed by atoms with E-state index >= 15 is 0 Å². The van der Waals surface area contributed by atoms with Crippen LogP contribution in [0.2, 0.25) is 0 Å². The maximum absolute atomic E-state index is 12.0. The van der Waals surface area contributed by atoms with Crippen LogP contribution in [0.4, 0.5) is 0 Å². The van der Waals surface area contributed by atoms with Gasteiger partial charge in [0.2, 0.25) is 0 Å². The Balaban J connectivity index is 1.49. The van der Waals surface area contributed by atoms with Crippen molar-refractivity contribution >= 4 is 11.9 Å². The topological polar surface area (TPSA) is 83.3 Å². The first-order valence-electron chi connectivity index (χ1n) is 8.90. The summed E-state index contributed by atoms with van der Waals surface area (Å²) < 4.78 is 11.6. The SMILES string of the molecule is COC(=O)c1ccc(-n2cc(CCCOC(=O)c3ccc(C)cc3)nn2)cc1. The maximum Gasteiger partial charge on any atom is 0.338 e. The summed E-state index contributed by atoms with van der Waals surface area (Å²) in [5.74, 6) is -0.708. The van der Waals surface area contributed by atoms with E-state index in [0.717, 1.165) is 16.9 Å². The lowest BCUT2D eigenvalue weighted by molar-refractivity contribution is 0.0499. The van der Waals surface area contributed by atoms with Crippen molar-refractivity contribution in [2.75, 3.05) is 13.7 Å². The summed E-state index contributed by atoms with van der Waals surface area (Å²) in [5.41, 5.74) is 3.70. The van der Waals surface area contributed by atoms with Crippen molar-refractivity contribution in [3.8, 4) is 5.69 Å². The van der Waals surface area contributed by atoms with Crippen LogP contribution in [0.3, 0.4) is 0 Å². The van der Waals surface area contributed by atoms with Gasteiger partial charge in [-0.05, 0) is 56.2 Å². The van der Waals surface area contributed by atoms with Crippen molar-refractivity contribution in [3.05, 3.63) is 77.1 Å². The molecule has 0 atom stereocenters. The molecule has 144 valence electrons. The minimum Gasteiger partial charge on any atom is -0.465 e. The Morgan fingerprint density at radius 3 is 2.29 bits per heavy atom. The predicted octanol–water partition coefficient (Wildman–Crippen LogP) is 3.15. The van der Waals surface area contributed by atoms with Gasteiger partial charge in [0.05, 0.1) is 42.4 Å². The molecular weight excluding hydrogens is 358 g/mol. The van der Waals surface area contributed by atoms with E-state index in [1.165, 1.54) is 7.11 Å². The van der Waals surface area contributed by atoms with Gasteiger partial charge in [0.25, 0.3) is 0 Å². The van der Waals surface area contributed by atoms with Crippen molar-refractivity contribution in [3.63, 3.8) is 0 Å². The molecule has 1 aromatic heterocycles. The Morgan fingerprint density at radius 2 is 1.61 bits per heavy atom. The molecule has 0 saturated heterocycles. The number of hydrogen-bond donors (Lipinski definition) is 0. The van der Waals surface area contributed by atoms with Crippen molar-refractivity contribution in [2.24, 2.45) is 0 Å². The number of carbonyl (C=O) groups is 2. The molecule has 28 heavy (non-hydrogen) atoms. The van der Waals surface area contributed by atoms with Gasteiger partial charge < -0.3 is 9.47 Å². The van der Waals surface area contributed by atoms with Gasteiger partial charge in [-0.2, -0.15) is 0 Å². The predicted molar refractivity (Wildman–Crippen MR) is 102 cm³/mol. The van der Waals surface area contributed by atoms with Crippen LogP contribution in [0.15, 0.2) is 54.7 Å². The second-order valence-electron chi connectivity index (χ2n) is 6.30. The van der Waals surface area contributed by atoms with Crippen LogP contribution in [-0.2, 0) is 15.9 Å². The first-order chi connectivity index (χ1) is 13.6. The van der Waals surface area contributed by atoms with Crippen LogP contribution in [0.5, 0.6) is 0 Å². The molecule has 0 bridgehead atoms. The summed E-state index contributed by atoms with van der Waals surface area (Å²) in [5, 5.41) is 8.23. The number of aryl methyl sites for hydroxylation is 2. The van der Waals surface area contributed by atoms with E-state index in [0.29, 0.717) is 30.6 Å². The van der Waals surface area contributed by atoms with Gasteiger partial charge in [0.1, 0.15) is 0 Å². The summed E-state index contributed by atoms with van der Waals surface area (Å²) in [6.45, 7) is 2.28. The summed E-state index contributed by atoms with van der Waals surface area (Å²) in [4.78, 5) is 23.4. The largest absolute Gasteiger partial charge is 0.465 e. The summed E-state index contributed by atoms with van der Waals surface area (Å²) in [7, 11) is 1.35. The first-order valence-corrected chi connectivity index (χ1v) is 8.90. The number of hydrogen-bond acceptors (Lipinski definition) is 6. The van der Waals surface area contributed by atoms with E-state index in [1.54, 1.807) is 41.1 Å². The van der Waals surface area contributed by atoms with Crippen molar-refractivity contribution in [1.82, 2.24) is 15.0 Å². The van der Waals surface area contributed by atoms with Crippen LogP contribution in [-0.4, -0.2) is 40.6 Å². The van der Waals surface area contributed by atoms with Crippen molar-refractivity contribution < 1.29 is 19.1 Å². The Morgan fingerprint density at radius 1 is 0.964 bits per heavy atom. The Bertz CT molecular complexity index is 947. The zero-order valence-electron chi connectivity index (χ0n) is 15.8. The van der Waals surface area contributed by atoms with Crippen LogP contribution in [0, 0.1) is 6.92 Å². The minimum absolute atomic E-state index is 0.313. The molecule has 0 saturated carbocycles. The molecule has 0 fully saturated rings. The molecule has 7 nitrogen and oxygen atoms in total. The lowest BCUT2D eigenvalue weighted by Crippen LogP contribution is -2.07. The van der Waals surface area contributed by atoms with Gasteiger partial charge in [-0.25, -0.2) is 14.3 Å². The Kier molecular flexibility index (Phi) is 6.16. The molecule has 0 N–H and O–H groups in total. The quantitative estimate of drug-likeness (QED) is 0.463. The van der Waals surface area contributed by atoms with Gasteiger partial charge in [-0.3, -0.25) is 0 Å². The van der Waals surface area contributed by atoms with E-state index in [9.17, 15) is 9.59 Å². The average Bonchev–Trinajstić information content (AvgIpc) is 3.20. The molecule has 3 aromatic rings. The number of aromatic nitrogens is 3. The van der Waals surface area contributed by atoms with Gasteiger partial charge >= 0.3 is 11.9 Å². The number of nitrogens with zero attached hydrogens (tertiary/aromatic N) is 3. The highest BCUT2D eigenvalue weighted by Crippen LogP contribution is 2.11. The molecule has 3 rings (SSSR count). The highest BCUT2D eigenvalue weighted by molar-refractivity contribution is 5.89. The normalized spacial score (nSPS) is 10.5. The lowest BCUT2D eigenvalue weighted by atomic mass is 10.1. The Labute approximate surface area is 162 Å². The molecule has 1 heterocycles. The molecule has 0 aliphatic rings. The van der Waals surface area contributed by atoms with Crippen molar-refractivity contribution in [2.45, 2.75) is 19.8 Å². The molecular formula is C21H21N3O4. The highest BCUT2D eigenvalue weighted by Gasteiger charge is 2.09. The monoisotopic (exact) mass is 379 g/mol. The Hall–Kier alpha value is -3.48. The second kappa shape index (κ2) is 8.94. The number of rotatable bonds is 7. The molecule has 0 unspecified atom stereocenters. The fourth-order valence-corrected chi connectivity index (χ4v) is 2.60. The van der Waals surface area contributed by atoms with Gasteiger partial charge in [0, 0.05) is 0 Å². The maximum atomic E-state index is 12.0. The third-order valence-electron chi connectivity index (χ3n) is 4.19. The summed E-state index contributed by atoms with van der Waals surface area (Å²) in [6.07, 6.45) is 3.11. The molecule has 0 radical (unpaired) electrons. The average molecular weight is 379 g/mol. The number of benzene rings is 2. The highest BCUT2D eigenvalue weighted by atomic mass is 16.5. The fourth-order valence-electron chi connectivity index (χ4n) is 2.60. The standard InChI is InChI=1S/C21H21N3O4/c1-15-5-7-17(8-6-15)21(26)28-13-3-4-18-14-24(23-22-18)19-11-9-16(10-12-19)20(25)27-2/h5-12,14H,3-4,13H2,1-2H3. The van der Waals surface area contributed by atoms with E-state index < -0.39 is 0 Å². The van der Waals surface area contributed by atoms with E-state index in [-0.39, 0.29) is 11.9 Å². The summed E-state index contributed by atoms with van der Waals surface area (Å²) in [6, 6.07) is 14.2. The van der Waals surface area contributed by atoms with Gasteiger partial charge in [-0.15, -0.1) is 5.10 Å². The smallest absolute Gasteiger partial charge is 0.338 e. The van der Waals surface area contributed by atoms with E-state index in [4.69, 9.17) is 4.74 Å².